The van der Waals surface area contributed by atoms with Gasteiger partial charge in [-0.05, 0) is 31.7 Å². The van der Waals surface area contributed by atoms with Crippen LogP contribution >= 0.6 is 0 Å². The molecule has 0 aromatic heterocycles. The maximum atomic E-state index is 12.6. The summed E-state index contributed by atoms with van der Waals surface area (Å²) in [6, 6.07) is 0. The van der Waals surface area contributed by atoms with Gasteiger partial charge in [0.05, 0.1) is 21.9 Å². The molecular formula is C19H29N3O3. The fourth-order valence-corrected chi connectivity index (χ4v) is 3.41. The van der Waals surface area contributed by atoms with Crippen LogP contribution in [0.25, 0.3) is 0 Å². The van der Waals surface area contributed by atoms with Gasteiger partial charge in [-0.3, -0.25) is 14.9 Å². The number of carbonyl (C=O) groups excluding carboxylic acids is 1. The van der Waals surface area contributed by atoms with E-state index in [0.29, 0.717) is 17.2 Å². The molecule has 1 aliphatic rings. The van der Waals surface area contributed by atoms with Crippen molar-refractivity contribution in [2.24, 2.45) is 11.3 Å². The first-order valence-corrected chi connectivity index (χ1v) is 8.82. The lowest BCUT2D eigenvalue weighted by molar-refractivity contribution is -0.386. The fourth-order valence-electron chi connectivity index (χ4n) is 3.41. The summed E-state index contributed by atoms with van der Waals surface area (Å²) < 4.78 is 0. The Morgan fingerprint density at radius 3 is 2.36 bits per heavy atom. The van der Waals surface area contributed by atoms with Gasteiger partial charge < -0.3 is 10.2 Å². The number of fused-ring (bicyclic) bond motifs is 1. The lowest BCUT2D eigenvalue weighted by Gasteiger charge is -2.27. The summed E-state index contributed by atoms with van der Waals surface area (Å²) in [6.07, 6.45) is 0.771. The minimum absolute atomic E-state index is 0.120. The number of nitrogens with zero attached hydrogens (tertiary/aromatic N) is 2. The van der Waals surface area contributed by atoms with Crippen molar-refractivity contribution in [1.82, 2.24) is 0 Å². The standard InChI is InChI=1S/C19H29N3O3/c1-11(2)10-21-9-8-14-12(3)16(22(24)25)13(4)15(17(14)21)20-18(23)19(5,6)7/h11H,8-10H2,1-7H3,(H,20,23). The molecule has 1 aromatic carbocycles. The molecule has 6 heteroatoms. The van der Waals surface area contributed by atoms with Crippen LogP contribution in [0.3, 0.4) is 0 Å². The van der Waals surface area contributed by atoms with Crippen LogP contribution in [0, 0.1) is 35.3 Å². The molecule has 1 heterocycles. The number of benzene rings is 1. The van der Waals surface area contributed by atoms with Crippen LogP contribution in [0.5, 0.6) is 0 Å². The Balaban J connectivity index is 2.67. The van der Waals surface area contributed by atoms with Crippen molar-refractivity contribution in [2.45, 2.75) is 54.9 Å². The first-order chi connectivity index (χ1) is 11.4. The number of anilines is 2. The molecule has 0 atom stereocenters. The van der Waals surface area contributed by atoms with Gasteiger partial charge in [-0.2, -0.15) is 0 Å². The number of rotatable bonds is 4. The molecular weight excluding hydrogens is 318 g/mol. The molecule has 0 fully saturated rings. The zero-order chi connectivity index (χ0) is 19.1. The van der Waals surface area contributed by atoms with Crippen molar-refractivity contribution in [2.75, 3.05) is 23.3 Å². The number of hydrogen-bond acceptors (Lipinski definition) is 4. The van der Waals surface area contributed by atoms with E-state index in [-0.39, 0.29) is 16.5 Å². The Morgan fingerprint density at radius 2 is 1.88 bits per heavy atom. The van der Waals surface area contributed by atoms with E-state index in [2.05, 4.69) is 24.1 Å². The summed E-state index contributed by atoms with van der Waals surface area (Å²) >= 11 is 0. The molecule has 6 nitrogen and oxygen atoms in total. The van der Waals surface area contributed by atoms with E-state index in [1.165, 1.54) is 0 Å². The molecule has 0 saturated heterocycles. The first kappa shape index (κ1) is 19.2. The minimum atomic E-state index is -0.569. The minimum Gasteiger partial charge on any atom is -0.369 e. The smallest absolute Gasteiger partial charge is 0.277 e. The monoisotopic (exact) mass is 347 g/mol. The van der Waals surface area contributed by atoms with Crippen LogP contribution < -0.4 is 10.2 Å². The number of nitro benzene ring substituents is 1. The summed E-state index contributed by atoms with van der Waals surface area (Å²) in [5.74, 6) is 0.334. The number of hydrogen-bond donors (Lipinski definition) is 1. The summed E-state index contributed by atoms with van der Waals surface area (Å²) in [7, 11) is 0. The first-order valence-electron chi connectivity index (χ1n) is 8.82. The summed E-state index contributed by atoms with van der Waals surface area (Å²) in [4.78, 5) is 26.1. The highest BCUT2D eigenvalue weighted by Crippen LogP contribution is 2.45. The molecule has 0 unspecified atom stereocenters. The van der Waals surface area contributed by atoms with E-state index < -0.39 is 5.41 Å². The van der Waals surface area contributed by atoms with Gasteiger partial charge in [0.1, 0.15) is 0 Å². The van der Waals surface area contributed by atoms with Crippen molar-refractivity contribution in [3.05, 3.63) is 26.8 Å². The third-order valence-electron chi connectivity index (χ3n) is 4.70. The maximum Gasteiger partial charge on any atom is 0.277 e. The Hall–Kier alpha value is -2.11. The molecule has 2 rings (SSSR count). The average Bonchev–Trinajstić information content (AvgIpc) is 2.85. The SMILES string of the molecule is Cc1c2c(c(NC(=O)C(C)(C)C)c(C)c1[N+](=O)[O-])N(CC(C)C)CC2. The van der Waals surface area contributed by atoms with Crippen LogP contribution in [0.15, 0.2) is 0 Å². The van der Waals surface area contributed by atoms with Crippen molar-refractivity contribution in [3.63, 3.8) is 0 Å². The second kappa shape index (κ2) is 6.65. The van der Waals surface area contributed by atoms with Crippen LogP contribution in [0.4, 0.5) is 17.1 Å². The zero-order valence-corrected chi connectivity index (χ0v) is 16.3. The van der Waals surface area contributed by atoms with Crippen LogP contribution in [0.2, 0.25) is 0 Å². The number of amides is 1. The van der Waals surface area contributed by atoms with Crippen LogP contribution in [0.1, 0.15) is 51.3 Å². The van der Waals surface area contributed by atoms with E-state index in [9.17, 15) is 14.9 Å². The van der Waals surface area contributed by atoms with Gasteiger partial charge in [-0.25, -0.2) is 0 Å². The molecule has 0 aliphatic carbocycles. The Morgan fingerprint density at radius 1 is 1.28 bits per heavy atom. The molecule has 1 aromatic rings. The van der Waals surface area contributed by atoms with E-state index in [1.54, 1.807) is 6.92 Å². The van der Waals surface area contributed by atoms with Crippen LogP contribution in [-0.2, 0) is 11.2 Å². The lowest BCUT2D eigenvalue weighted by Crippen LogP contribution is -2.30. The average molecular weight is 347 g/mol. The highest BCUT2D eigenvalue weighted by molar-refractivity contribution is 6.00. The molecule has 1 aliphatic heterocycles. The molecule has 0 spiro atoms. The van der Waals surface area contributed by atoms with E-state index in [1.807, 2.05) is 27.7 Å². The van der Waals surface area contributed by atoms with Gasteiger partial charge in [-0.1, -0.05) is 34.6 Å². The van der Waals surface area contributed by atoms with Gasteiger partial charge in [-0.15, -0.1) is 0 Å². The number of nitro groups is 1. The topological polar surface area (TPSA) is 75.5 Å². The van der Waals surface area contributed by atoms with Crippen molar-refractivity contribution >= 4 is 23.0 Å². The summed E-state index contributed by atoms with van der Waals surface area (Å²) in [5.41, 5.74) is 3.36. The maximum absolute atomic E-state index is 12.6. The molecule has 138 valence electrons. The second-order valence-corrected chi connectivity index (χ2v) is 8.35. The predicted octanol–water partition coefficient (Wildman–Crippen LogP) is 4.21. The van der Waals surface area contributed by atoms with E-state index in [4.69, 9.17) is 0 Å². The molecule has 0 radical (unpaired) electrons. The summed E-state index contributed by atoms with van der Waals surface area (Å²) in [5, 5.41) is 14.6. The molecule has 25 heavy (non-hydrogen) atoms. The largest absolute Gasteiger partial charge is 0.369 e. The molecule has 1 amide bonds. The Bertz CT molecular complexity index is 718. The highest BCUT2D eigenvalue weighted by atomic mass is 16.6. The van der Waals surface area contributed by atoms with Crippen molar-refractivity contribution in [3.8, 4) is 0 Å². The molecule has 1 N–H and O–H groups in total. The third-order valence-corrected chi connectivity index (χ3v) is 4.70. The summed E-state index contributed by atoms with van der Waals surface area (Å²) in [6.45, 7) is 15.1. The third kappa shape index (κ3) is 3.62. The van der Waals surface area contributed by atoms with Crippen molar-refractivity contribution < 1.29 is 9.72 Å². The quantitative estimate of drug-likeness (QED) is 0.654. The Labute approximate surface area is 149 Å². The van der Waals surface area contributed by atoms with Gasteiger partial charge >= 0.3 is 0 Å². The zero-order valence-electron chi connectivity index (χ0n) is 16.3. The van der Waals surface area contributed by atoms with Gasteiger partial charge in [0.25, 0.3) is 5.69 Å². The van der Waals surface area contributed by atoms with E-state index in [0.717, 1.165) is 36.3 Å². The molecule has 0 bridgehead atoms. The van der Waals surface area contributed by atoms with Crippen molar-refractivity contribution in [1.29, 1.82) is 0 Å². The second-order valence-electron chi connectivity index (χ2n) is 8.35. The van der Waals surface area contributed by atoms with Gasteiger partial charge in [0.2, 0.25) is 5.91 Å². The van der Waals surface area contributed by atoms with Crippen LogP contribution in [-0.4, -0.2) is 23.9 Å². The lowest BCUT2D eigenvalue weighted by atomic mass is 9.93. The number of nitrogens with one attached hydrogen (secondary N) is 1. The fraction of sp³-hybridized carbons (Fsp3) is 0.632. The normalized spacial score (nSPS) is 14.0. The van der Waals surface area contributed by atoms with E-state index >= 15 is 0 Å². The van der Waals surface area contributed by atoms with Gasteiger partial charge in [0.15, 0.2) is 0 Å². The van der Waals surface area contributed by atoms with Gasteiger partial charge in [0, 0.05) is 24.1 Å². The highest BCUT2D eigenvalue weighted by Gasteiger charge is 2.34. The Kier molecular flexibility index (Phi) is 5.11. The predicted molar refractivity (Wildman–Crippen MR) is 101 cm³/mol. The molecule has 0 saturated carbocycles. The number of carbonyl (C=O) groups is 1.